The van der Waals surface area contributed by atoms with Crippen molar-refractivity contribution in [1.82, 2.24) is 29.4 Å². The number of anilines is 1. The van der Waals surface area contributed by atoms with Crippen molar-refractivity contribution < 1.29 is 23.8 Å². The first-order valence-electron chi connectivity index (χ1n) is 11.4. The van der Waals surface area contributed by atoms with Crippen LogP contribution in [0.15, 0.2) is 41.4 Å². The van der Waals surface area contributed by atoms with E-state index >= 15 is 0 Å². The number of rotatable bonds is 10. The summed E-state index contributed by atoms with van der Waals surface area (Å²) in [5, 5.41) is 11.0. The number of amides is 2. The lowest BCUT2D eigenvalue weighted by atomic mass is 10.2. The van der Waals surface area contributed by atoms with Gasteiger partial charge in [0.05, 0.1) is 25.0 Å². The second-order valence-corrected chi connectivity index (χ2v) is 9.19. The first-order valence-corrected chi connectivity index (χ1v) is 12.2. The number of aromatic nitrogens is 5. The number of likely N-dealkylation sites (N-methyl/N-ethyl adjacent to an activating group) is 1. The van der Waals surface area contributed by atoms with Gasteiger partial charge in [0.1, 0.15) is 31.1 Å². The number of nitrogens with one attached hydrogen (secondary N) is 1. The molecule has 2 amide bonds. The molecule has 0 spiro atoms. The SMILES string of the molecule is Cc1ccc(OCCN(C)C(=O)Cn2cc(NC(=O)C3CC(Oc4nc(Br)nn4C)CO3)cn2)cc1. The van der Waals surface area contributed by atoms with Crippen molar-refractivity contribution in [2.75, 3.05) is 32.1 Å². The monoisotopic (exact) mass is 561 g/mol. The maximum atomic E-state index is 12.6. The average molecular weight is 562 g/mol. The maximum absolute atomic E-state index is 12.6. The largest absolute Gasteiger partial charge is 0.492 e. The molecule has 192 valence electrons. The number of carbonyl (C=O) groups is 2. The zero-order valence-corrected chi connectivity index (χ0v) is 21.8. The van der Waals surface area contributed by atoms with Crippen molar-refractivity contribution in [1.29, 1.82) is 0 Å². The lowest BCUT2D eigenvalue weighted by Gasteiger charge is -2.17. The number of benzene rings is 1. The van der Waals surface area contributed by atoms with Gasteiger partial charge in [0.25, 0.3) is 5.91 Å². The first-order chi connectivity index (χ1) is 17.3. The van der Waals surface area contributed by atoms with Gasteiger partial charge in [0.15, 0.2) is 0 Å². The van der Waals surface area contributed by atoms with Gasteiger partial charge in [-0.15, -0.1) is 5.10 Å². The van der Waals surface area contributed by atoms with E-state index in [1.165, 1.54) is 15.6 Å². The third kappa shape index (κ3) is 6.82. The van der Waals surface area contributed by atoms with E-state index in [1.54, 1.807) is 25.2 Å². The molecule has 4 rings (SSSR count). The molecule has 1 aromatic carbocycles. The van der Waals surface area contributed by atoms with Crippen LogP contribution < -0.4 is 14.8 Å². The number of hydrogen-bond donors (Lipinski definition) is 1. The topological polar surface area (TPSA) is 126 Å². The molecule has 3 aromatic rings. The van der Waals surface area contributed by atoms with Gasteiger partial charge < -0.3 is 24.4 Å². The molecule has 13 heteroatoms. The zero-order chi connectivity index (χ0) is 25.7. The molecule has 1 aliphatic rings. The molecule has 1 saturated heterocycles. The van der Waals surface area contributed by atoms with E-state index in [-0.39, 0.29) is 31.1 Å². The summed E-state index contributed by atoms with van der Waals surface area (Å²) in [6.07, 6.45) is 2.48. The quantitative estimate of drug-likeness (QED) is 0.397. The number of ether oxygens (including phenoxy) is 3. The van der Waals surface area contributed by atoms with Crippen LogP contribution in [0.25, 0.3) is 0 Å². The molecule has 3 heterocycles. The summed E-state index contributed by atoms with van der Waals surface area (Å²) in [7, 11) is 3.43. The minimum Gasteiger partial charge on any atom is -0.492 e. The Balaban J connectivity index is 1.19. The molecular formula is C23H28BrN7O5. The lowest BCUT2D eigenvalue weighted by Crippen LogP contribution is -2.33. The number of halogens is 1. The predicted octanol–water partition coefficient (Wildman–Crippen LogP) is 1.79. The molecule has 2 atom stereocenters. The van der Waals surface area contributed by atoms with Crippen molar-refractivity contribution in [2.45, 2.75) is 32.1 Å². The Labute approximate surface area is 216 Å². The van der Waals surface area contributed by atoms with Crippen LogP contribution in [0.3, 0.4) is 0 Å². The highest BCUT2D eigenvalue weighted by Crippen LogP contribution is 2.21. The normalized spacial score (nSPS) is 17.1. The van der Waals surface area contributed by atoms with E-state index in [9.17, 15) is 9.59 Å². The Morgan fingerprint density at radius 1 is 1.31 bits per heavy atom. The van der Waals surface area contributed by atoms with Gasteiger partial charge in [-0.1, -0.05) is 17.7 Å². The summed E-state index contributed by atoms with van der Waals surface area (Å²) in [5.74, 6) is 0.328. The average Bonchev–Trinajstić information content (AvgIpc) is 3.56. The molecule has 1 fully saturated rings. The van der Waals surface area contributed by atoms with Gasteiger partial charge in [0.2, 0.25) is 10.6 Å². The summed E-state index contributed by atoms with van der Waals surface area (Å²) in [5.41, 5.74) is 1.63. The van der Waals surface area contributed by atoms with Gasteiger partial charge in [-0.25, -0.2) is 4.68 Å². The van der Waals surface area contributed by atoms with Gasteiger partial charge >= 0.3 is 6.01 Å². The Hall–Kier alpha value is -3.45. The zero-order valence-electron chi connectivity index (χ0n) is 20.3. The standard InChI is InChI=1S/C23H28BrN7O5/c1-15-4-6-17(7-5-15)34-9-8-29(2)20(32)13-31-12-16(11-25-31)26-21(33)19-10-18(14-35-19)36-23-27-22(24)28-30(23)3/h4-7,11-12,18-19H,8-10,13-14H2,1-3H3,(H,26,33). The van der Waals surface area contributed by atoms with E-state index < -0.39 is 6.10 Å². The molecule has 0 saturated carbocycles. The van der Waals surface area contributed by atoms with E-state index in [2.05, 4.69) is 36.4 Å². The van der Waals surface area contributed by atoms with Crippen molar-refractivity contribution in [2.24, 2.45) is 7.05 Å². The van der Waals surface area contributed by atoms with Crippen LogP contribution in [0.5, 0.6) is 11.8 Å². The van der Waals surface area contributed by atoms with Gasteiger partial charge in [-0.05, 0) is 35.0 Å². The fraction of sp³-hybridized carbons (Fsp3) is 0.435. The number of carbonyl (C=O) groups excluding carboxylic acids is 2. The Morgan fingerprint density at radius 3 is 2.81 bits per heavy atom. The van der Waals surface area contributed by atoms with Crippen molar-refractivity contribution >= 4 is 33.4 Å². The summed E-state index contributed by atoms with van der Waals surface area (Å²) in [6.45, 7) is 3.13. The van der Waals surface area contributed by atoms with Crippen LogP contribution >= 0.6 is 15.9 Å². The lowest BCUT2D eigenvalue weighted by molar-refractivity contribution is -0.131. The molecule has 0 aliphatic carbocycles. The summed E-state index contributed by atoms with van der Waals surface area (Å²) >= 11 is 3.20. The minimum atomic E-state index is -0.670. The summed E-state index contributed by atoms with van der Waals surface area (Å²) in [6, 6.07) is 8.09. The third-order valence-electron chi connectivity index (χ3n) is 5.56. The first kappa shape index (κ1) is 25.6. The summed E-state index contributed by atoms with van der Waals surface area (Å²) in [4.78, 5) is 30.8. The summed E-state index contributed by atoms with van der Waals surface area (Å²) < 4.78 is 20.4. The predicted molar refractivity (Wildman–Crippen MR) is 133 cm³/mol. The van der Waals surface area contributed by atoms with Crippen LogP contribution in [0.4, 0.5) is 5.69 Å². The van der Waals surface area contributed by atoms with Crippen LogP contribution in [0.2, 0.25) is 0 Å². The molecule has 0 radical (unpaired) electrons. The number of hydrogen-bond acceptors (Lipinski definition) is 8. The molecule has 2 aromatic heterocycles. The van der Waals surface area contributed by atoms with Gasteiger partial charge in [-0.3, -0.25) is 14.3 Å². The second-order valence-electron chi connectivity index (χ2n) is 8.48. The minimum absolute atomic E-state index is 0.0417. The second kappa shape index (κ2) is 11.5. The van der Waals surface area contributed by atoms with Crippen molar-refractivity contribution in [3.63, 3.8) is 0 Å². The Kier molecular flexibility index (Phi) is 8.21. The van der Waals surface area contributed by atoms with Crippen LogP contribution in [-0.4, -0.2) is 80.3 Å². The molecule has 12 nitrogen and oxygen atoms in total. The smallest absolute Gasteiger partial charge is 0.315 e. The van der Waals surface area contributed by atoms with Crippen LogP contribution in [0.1, 0.15) is 12.0 Å². The molecule has 1 N–H and O–H groups in total. The van der Waals surface area contributed by atoms with E-state index in [0.717, 1.165) is 11.3 Å². The fourth-order valence-corrected chi connectivity index (χ4v) is 3.90. The maximum Gasteiger partial charge on any atom is 0.315 e. The highest BCUT2D eigenvalue weighted by Gasteiger charge is 2.33. The van der Waals surface area contributed by atoms with Gasteiger partial charge in [0, 0.05) is 26.7 Å². The van der Waals surface area contributed by atoms with Crippen molar-refractivity contribution in [3.8, 4) is 11.8 Å². The third-order valence-corrected chi connectivity index (χ3v) is 5.90. The van der Waals surface area contributed by atoms with Gasteiger partial charge in [-0.2, -0.15) is 10.1 Å². The van der Waals surface area contributed by atoms with E-state index in [0.29, 0.717) is 36.0 Å². The highest BCUT2D eigenvalue weighted by atomic mass is 79.9. The number of nitrogens with zero attached hydrogens (tertiary/aromatic N) is 6. The van der Waals surface area contributed by atoms with Crippen LogP contribution in [-0.2, 0) is 27.9 Å². The molecule has 36 heavy (non-hydrogen) atoms. The Morgan fingerprint density at radius 2 is 2.08 bits per heavy atom. The Bertz CT molecular complexity index is 1200. The fourth-order valence-electron chi connectivity index (χ4n) is 3.51. The van der Waals surface area contributed by atoms with Crippen molar-refractivity contribution in [3.05, 3.63) is 47.0 Å². The molecular weight excluding hydrogens is 534 g/mol. The number of aryl methyl sites for hydroxylation is 2. The van der Waals surface area contributed by atoms with E-state index in [4.69, 9.17) is 14.2 Å². The van der Waals surface area contributed by atoms with Crippen LogP contribution in [0, 0.1) is 6.92 Å². The molecule has 1 aliphatic heterocycles. The molecule has 0 bridgehead atoms. The highest BCUT2D eigenvalue weighted by molar-refractivity contribution is 9.10. The van der Waals surface area contributed by atoms with E-state index in [1.807, 2.05) is 31.2 Å². The molecule has 2 unspecified atom stereocenters.